The molecule has 1 saturated carbocycles. The smallest absolute Gasteiger partial charge is 0.156 e. The van der Waals surface area contributed by atoms with E-state index in [1.54, 1.807) is 0 Å². The first-order valence-corrected chi connectivity index (χ1v) is 9.80. The second kappa shape index (κ2) is 6.57. The highest BCUT2D eigenvalue weighted by Crippen LogP contribution is 2.32. The highest BCUT2D eigenvalue weighted by molar-refractivity contribution is 5.51. The van der Waals surface area contributed by atoms with Crippen molar-refractivity contribution in [3.63, 3.8) is 0 Å². The van der Waals surface area contributed by atoms with Gasteiger partial charge in [0.1, 0.15) is 0 Å². The molecule has 0 bridgehead atoms. The predicted octanol–water partition coefficient (Wildman–Crippen LogP) is 2.30. The number of fused-ring (bicyclic) bond motifs is 1. The minimum atomic E-state index is 0.487. The number of rotatable bonds is 3. The van der Waals surface area contributed by atoms with Crippen molar-refractivity contribution in [2.45, 2.75) is 44.1 Å². The van der Waals surface area contributed by atoms with Crippen LogP contribution >= 0.6 is 0 Å². The lowest BCUT2D eigenvalue weighted by atomic mass is 9.87. The van der Waals surface area contributed by atoms with E-state index in [1.807, 2.05) is 4.52 Å². The highest BCUT2D eigenvalue weighted by atomic mass is 16.5. The van der Waals surface area contributed by atoms with E-state index in [0.717, 1.165) is 50.4 Å². The molecule has 134 valence electrons. The van der Waals surface area contributed by atoms with Crippen LogP contribution < -0.4 is 4.90 Å². The number of hydrogen-bond donors (Lipinski definition) is 0. The summed E-state index contributed by atoms with van der Waals surface area (Å²) in [5.74, 6) is 1.52. The van der Waals surface area contributed by atoms with Crippen LogP contribution in [0.5, 0.6) is 0 Å². The van der Waals surface area contributed by atoms with E-state index in [4.69, 9.17) is 14.8 Å². The third-order valence-electron chi connectivity index (χ3n) is 6.12. The van der Waals surface area contributed by atoms with Crippen molar-refractivity contribution in [3.8, 4) is 0 Å². The molecule has 1 unspecified atom stereocenters. The van der Waals surface area contributed by atoms with Crippen molar-refractivity contribution in [2.75, 3.05) is 44.3 Å². The maximum absolute atomic E-state index is 5.45. The van der Waals surface area contributed by atoms with Gasteiger partial charge < -0.3 is 9.64 Å². The zero-order valence-corrected chi connectivity index (χ0v) is 14.8. The molecule has 6 heteroatoms. The fourth-order valence-electron chi connectivity index (χ4n) is 4.37. The van der Waals surface area contributed by atoms with Crippen LogP contribution in [0.1, 0.15) is 43.8 Å². The van der Waals surface area contributed by atoms with Crippen LogP contribution in [-0.4, -0.2) is 64.9 Å². The largest absolute Gasteiger partial charge is 0.378 e. The third kappa shape index (κ3) is 3.02. The van der Waals surface area contributed by atoms with Gasteiger partial charge in [0.05, 0.1) is 25.1 Å². The summed E-state index contributed by atoms with van der Waals surface area (Å²) in [6, 6.07) is 5.10. The first kappa shape index (κ1) is 15.6. The molecule has 6 nitrogen and oxygen atoms in total. The Morgan fingerprint density at radius 2 is 1.88 bits per heavy atom. The lowest BCUT2D eigenvalue weighted by Gasteiger charge is -2.41. The summed E-state index contributed by atoms with van der Waals surface area (Å²) < 4.78 is 7.43. The van der Waals surface area contributed by atoms with Gasteiger partial charge >= 0.3 is 0 Å². The average molecular weight is 341 g/mol. The molecule has 0 aromatic carbocycles. The van der Waals surface area contributed by atoms with Gasteiger partial charge in [-0.15, -0.1) is 0 Å². The number of pyridine rings is 1. The summed E-state index contributed by atoms with van der Waals surface area (Å²) in [6.07, 6.45) is 8.79. The molecule has 3 aliphatic rings. The quantitative estimate of drug-likeness (QED) is 0.857. The molecular weight excluding hydrogens is 314 g/mol. The Balaban J connectivity index is 1.36. The van der Waals surface area contributed by atoms with Gasteiger partial charge in [0.25, 0.3) is 0 Å². The Kier molecular flexibility index (Phi) is 4.10. The summed E-state index contributed by atoms with van der Waals surface area (Å²) in [5, 5.41) is 4.85. The molecule has 0 amide bonds. The minimum absolute atomic E-state index is 0.487. The molecule has 25 heavy (non-hydrogen) atoms. The van der Waals surface area contributed by atoms with Gasteiger partial charge in [-0.25, -0.2) is 9.50 Å². The van der Waals surface area contributed by atoms with E-state index in [2.05, 4.69) is 28.1 Å². The molecule has 2 saturated heterocycles. The Morgan fingerprint density at radius 3 is 2.68 bits per heavy atom. The van der Waals surface area contributed by atoms with E-state index >= 15 is 0 Å². The van der Waals surface area contributed by atoms with Crippen molar-refractivity contribution in [3.05, 3.63) is 24.2 Å². The van der Waals surface area contributed by atoms with Crippen molar-refractivity contribution in [2.24, 2.45) is 0 Å². The van der Waals surface area contributed by atoms with Crippen molar-refractivity contribution in [1.82, 2.24) is 19.5 Å². The van der Waals surface area contributed by atoms with E-state index in [1.165, 1.54) is 44.3 Å². The van der Waals surface area contributed by atoms with E-state index in [9.17, 15) is 0 Å². The highest BCUT2D eigenvalue weighted by Gasteiger charge is 2.31. The monoisotopic (exact) mass is 341 g/mol. The Hall–Kier alpha value is -1.66. The number of piperidine rings is 1. The number of hydrogen-bond acceptors (Lipinski definition) is 5. The molecule has 0 spiro atoms. The summed E-state index contributed by atoms with van der Waals surface area (Å²) in [7, 11) is 0. The van der Waals surface area contributed by atoms with Gasteiger partial charge in [0, 0.05) is 31.6 Å². The molecule has 0 radical (unpaired) electrons. The van der Waals surface area contributed by atoms with Gasteiger partial charge in [0.15, 0.2) is 11.5 Å². The number of nitrogens with zero attached hydrogens (tertiary/aromatic N) is 5. The van der Waals surface area contributed by atoms with E-state index in [-0.39, 0.29) is 0 Å². The van der Waals surface area contributed by atoms with Crippen LogP contribution in [0, 0.1) is 0 Å². The minimum Gasteiger partial charge on any atom is -0.378 e. The lowest BCUT2D eigenvalue weighted by molar-refractivity contribution is 0.0929. The number of aromatic nitrogens is 3. The second-order valence-electron chi connectivity index (χ2n) is 7.68. The topological polar surface area (TPSA) is 45.9 Å². The molecule has 1 aliphatic carbocycles. The summed E-state index contributed by atoms with van der Waals surface area (Å²) in [6.45, 7) is 5.91. The van der Waals surface area contributed by atoms with Gasteiger partial charge in [-0.05, 0) is 44.4 Å². The molecule has 2 aliphatic heterocycles. The summed E-state index contributed by atoms with van der Waals surface area (Å²) in [4.78, 5) is 9.89. The fourth-order valence-corrected chi connectivity index (χ4v) is 4.37. The molecule has 4 heterocycles. The third-order valence-corrected chi connectivity index (χ3v) is 6.12. The van der Waals surface area contributed by atoms with Crippen LogP contribution in [0.25, 0.3) is 5.65 Å². The van der Waals surface area contributed by atoms with Gasteiger partial charge in [-0.1, -0.05) is 6.42 Å². The normalized spacial score (nSPS) is 26.1. The van der Waals surface area contributed by atoms with E-state index < -0.39 is 0 Å². The van der Waals surface area contributed by atoms with Gasteiger partial charge in [-0.3, -0.25) is 4.90 Å². The number of likely N-dealkylation sites (tertiary alicyclic amines) is 1. The van der Waals surface area contributed by atoms with Gasteiger partial charge in [-0.2, -0.15) is 5.10 Å². The summed E-state index contributed by atoms with van der Waals surface area (Å²) >= 11 is 0. The average Bonchev–Trinajstić information content (AvgIpc) is 3.04. The molecule has 5 rings (SSSR count). The van der Waals surface area contributed by atoms with Crippen molar-refractivity contribution < 1.29 is 4.74 Å². The Bertz CT molecular complexity index is 734. The first-order valence-electron chi connectivity index (χ1n) is 9.80. The zero-order chi connectivity index (χ0) is 16.6. The number of ether oxygens (including phenoxy) is 1. The van der Waals surface area contributed by atoms with Crippen LogP contribution in [0.15, 0.2) is 18.3 Å². The van der Waals surface area contributed by atoms with Crippen LogP contribution in [0.2, 0.25) is 0 Å². The molecule has 2 aromatic rings. The van der Waals surface area contributed by atoms with Crippen LogP contribution in [0.4, 0.5) is 5.69 Å². The van der Waals surface area contributed by atoms with E-state index in [0.29, 0.717) is 5.92 Å². The fraction of sp³-hybridized carbons (Fsp3) is 0.684. The SMILES string of the molecule is c1cc2nc(C3CCCN(C4CCC4)C3)nn2cc1N1CCOCC1. The van der Waals surface area contributed by atoms with Crippen LogP contribution in [0.3, 0.4) is 0 Å². The zero-order valence-electron chi connectivity index (χ0n) is 14.8. The maximum Gasteiger partial charge on any atom is 0.156 e. The van der Waals surface area contributed by atoms with Crippen LogP contribution in [-0.2, 0) is 4.74 Å². The molecule has 1 atom stereocenters. The predicted molar refractivity (Wildman–Crippen MR) is 97.2 cm³/mol. The Labute approximate surface area is 148 Å². The summed E-state index contributed by atoms with van der Waals surface area (Å²) in [5.41, 5.74) is 2.18. The number of anilines is 1. The molecule has 2 aromatic heterocycles. The molecular formula is C19H27N5O. The first-order chi connectivity index (χ1) is 12.4. The number of morpholine rings is 1. The van der Waals surface area contributed by atoms with Gasteiger partial charge in [0.2, 0.25) is 0 Å². The Morgan fingerprint density at radius 1 is 1.00 bits per heavy atom. The lowest BCUT2D eigenvalue weighted by Crippen LogP contribution is -2.45. The standard InChI is InChI=1S/C19H27N5O/c1-4-16(5-1)23-8-2-3-15(13-23)19-20-18-7-6-17(14-24(18)21-19)22-9-11-25-12-10-22/h6-7,14-16H,1-5,8-13H2. The van der Waals surface area contributed by atoms with Crippen molar-refractivity contribution >= 4 is 11.3 Å². The maximum atomic E-state index is 5.45. The van der Waals surface area contributed by atoms with Crippen molar-refractivity contribution in [1.29, 1.82) is 0 Å². The molecule has 0 N–H and O–H groups in total. The molecule has 3 fully saturated rings. The second-order valence-corrected chi connectivity index (χ2v) is 7.68.